The van der Waals surface area contributed by atoms with Gasteiger partial charge in [-0.1, -0.05) is 17.7 Å². The van der Waals surface area contributed by atoms with Gasteiger partial charge >= 0.3 is 0 Å². The van der Waals surface area contributed by atoms with Crippen LogP contribution in [-0.2, 0) is 9.59 Å². The van der Waals surface area contributed by atoms with Crippen molar-refractivity contribution in [3.63, 3.8) is 0 Å². The van der Waals surface area contributed by atoms with Gasteiger partial charge < -0.3 is 10.6 Å². The molecular weight excluding hydrogens is 320 g/mol. The summed E-state index contributed by atoms with van der Waals surface area (Å²) >= 11 is 1.47. The smallest absolute Gasteiger partial charge is 0.234 e. The number of amides is 2. The highest BCUT2D eigenvalue weighted by Crippen LogP contribution is 2.24. The summed E-state index contributed by atoms with van der Waals surface area (Å²) < 4.78 is 0. The number of thioether (sulfide) groups is 1. The van der Waals surface area contributed by atoms with E-state index in [4.69, 9.17) is 0 Å². The zero-order valence-electron chi connectivity index (χ0n) is 14.4. The zero-order valence-corrected chi connectivity index (χ0v) is 15.2. The number of nitrogens with one attached hydrogen (secondary N) is 2. The van der Waals surface area contributed by atoms with Gasteiger partial charge in [0, 0.05) is 23.2 Å². The normalized spacial score (nSPS) is 10.3. The fourth-order valence-corrected chi connectivity index (χ4v) is 3.24. The number of carbonyl (C=O) groups is 2. The minimum atomic E-state index is -0.0985. The zero-order chi connectivity index (χ0) is 17.7. The van der Waals surface area contributed by atoms with E-state index in [2.05, 4.69) is 22.8 Å². The number of benzene rings is 2. The molecule has 2 N–H and O–H groups in total. The predicted octanol–water partition coefficient (Wildman–Crippen LogP) is 4.30. The van der Waals surface area contributed by atoms with Crippen molar-refractivity contribution in [2.75, 3.05) is 16.4 Å². The van der Waals surface area contributed by atoms with Crippen LogP contribution in [0.5, 0.6) is 0 Å². The van der Waals surface area contributed by atoms with Crippen LogP contribution in [-0.4, -0.2) is 17.6 Å². The molecular formula is C19H22N2O2S. The number of aryl methyl sites for hydroxylation is 3. The average molecular weight is 342 g/mol. The molecule has 2 amide bonds. The molecule has 0 atom stereocenters. The first-order valence-electron chi connectivity index (χ1n) is 7.73. The van der Waals surface area contributed by atoms with Gasteiger partial charge in [0.05, 0.1) is 5.75 Å². The van der Waals surface area contributed by atoms with Crippen LogP contribution in [0.4, 0.5) is 11.4 Å². The molecule has 4 nitrogen and oxygen atoms in total. The third-order valence-electron chi connectivity index (χ3n) is 3.49. The molecule has 0 saturated carbocycles. The summed E-state index contributed by atoms with van der Waals surface area (Å²) in [6.07, 6.45) is 0. The van der Waals surface area contributed by atoms with Crippen molar-refractivity contribution in [2.24, 2.45) is 0 Å². The van der Waals surface area contributed by atoms with E-state index in [0.29, 0.717) is 5.75 Å². The van der Waals surface area contributed by atoms with Crippen LogP contribution in [0.25, 0.3) is 0 Å². The largest absolute Gasteiger partial charge is 0.326 e. The average Bonchev–Trinajstić information content (AvgIpc) is 2.49. The van der Waals surface area contributed by atoms with Gasteiger partial charge in [-0.3, -0.25) is 9.59 Å². The van der Waals surface area contributed by atoms with Crippen molar-refractivity contribution in [2.45, 2.75) is 32.6 Å². The number of hydrogen-bond donors (Lipinski definition) is 2. The summed E-state index contributed by atoms with van der Waals surface area (Å²) in [5.41, 5.74) is 4.99. The highest BCUT2D eigenvalue weighted by atomic mass is 32.2. The van der Waals surface area contributed by atoms with E-state index in [9.17, 15) is 9.59 Å². The Labute approximate surface area is 147 Å². The Morgan fingerprint density at radius 3 is 2.08 bits per heavy atom. The van der Waals surface area contributed by atoms with Gasteiger partial charge in [-0.2, -0.15) is 0 Å². The van der Waals surface area contributed by atoms with Crippen molar-refractivity contribution < 1.29 is 9.59 Å². The minimum Gasteiger partial charge on any atom is -0.326 e. The quantitative estimate of drug-likeness (QED) is 0.797. The molecule has 0 radical (unpaired) electrons. The van der Waals surface area contributed by atoms with Crippen LogP contribution in [0, 0.1) is 20.8 Å². The summed E-state index contributed by atoms with van der Waals surface area (Å²) in [5, 5.41) is 5.72. The van der Waals surface area contributed by atoms with Gasteiger partial charge in [0.1, 0.15) is 0 Å². The van der Waals surface area contributed by atoms with Gasteiger partial charge in [0.25, 0.3) is 0 Å². The van der Waals surface area contributed by atoms with E-state index in [1.54, 1.807) is 0 Å². The Balaban J connectivity index is 1.93. The van der Waals surface area contributed by atoms with Gasteiger partial charge in [0.15, 0.2) is 0 Å². The lowest BCUT2D eigenvalue weighted by atomic mass is 10.1. The van der Waals surface area contributed by atoms with E-state index in [1.165, 1.54) is 24.2 Å². The first-order valence-corrected chi connectivity index (χ1v) is 8.72. The molecule has 0 aliphatic carbocycles. The minimum absolute atomic E-state index is 0.0269. The lowest BCUT2D eigenvalue weighted by molar-refractivity contribution is -0.114. The van der Waals surface area contributed by atoms with Crippen LogP contribution in [0.2, 0.25) is 0 Å². The lowest BCUT2D eigenvalue weighted by Gasteiger charge is -2.12. The monoisotopic (exact) mass is 342 g/mol. The van der Waals surface area contributed by atoms with Crippen molar-refractivity contribution in [1.29, 1.82) is 0 Å². The van der Waals surface area contributed by atoms with Crippen molar-refractivity contribution >= 4 is 35.0 Å². The molecule has 0 heterocycles. The van der Waals surface area contributed by atoms with Crippen LogP contribution < -0.4 is 10.6 Å². The molecule has 0 aliphatic rings. The van der Waals surface area contributed by atoms with Crippen LogP contribution in [0.3, 0.4) is 0 Å². The molecule has 2 aromatic rings. The van der Waals surface area contributed by atoms with Crippen LogP contribution in [0.15, 0.2) is 41.3 Å². The van der Waals surface area contributed by atoms with Crippen molar-refractivity contribution in [3.8, 4) is 0 Å². The molecule has 0 spiro atoms. The maximum absolute atomic E-state index is 12.2. The van der Waals surface area contributed by atoms with Crippen LogP contribution >= 0.6 is 11.8 Å². The van der Waals surface area contributed by atoms with Crippen LogP contribution in [0.1, 0.15) is 23.6 Å². The summed E-state index contributed by atoms with van der Waals surface area (Å²) in [4.78, 5) is 24.2. The Hall–Kier alpha value is -2.27. The maximum Gasteiger partial charge on any atom is 0.234 e. The topological polar surface area (TPSA) is 58.2 Å². The summed E-state index contributed by atoms with van der Waals surface area (Å²) in [6, 6.07) is 11.6. The third kappa shape index (κ3) is 5.13. The van der Waals surface area contributed by atoms with Crippen molar-refractivity contribution in [1.82, 2.24) is 0 Å². The first-order chi connectivity index (χ1) is 11.3. The molecule has 0 saturated heterocycles. The number of hydrogen-bond acceptors (Lipinski definition) is 3. The van der Waals surface area contributed by atoms with E-state index in [1.807, 2.05) is 45.0 Å². The van der Waals surface area contributed by atoms with Gasteiger partial charge in [0.2, 0.25) is 11.8 Å². The second-order valence-corrected chi connectivity index (χ2v) is 6.86. The number of carbonyl (C=O) groups excluding carboxylic acids is 2. The molecule has 2 rings (SSSR count). The molecule has 5 heteroatoms. The van der Waals surface area contributed by atoms with E-state index in [-0.39, 0.29) is 11.8 Å². The van der Waals surface area contributed by atoms with E-state index < -0.39 is 0 Å². The number of rotatable bonds is 5. The summed E-state index contributed by atoms with van der Waals surface area (Å²) in [6.45, 7) is 7.53. The standard InChI is InChI=1S/C19H22N2O2S/c1-12-9-13(2)19(14(3)10-12)21-18(23)11-24-17-7-5-16(6-8-17)20-15(4)22/h5-10H,11H2,1-4H3,(H,20,22)(H,21,23). The van der Waals surface area contributed by atoms with E-state index >= 15 is 0 Å². The first kappa shape index (κ1) is 18.1. The fraction of sp³-hybridized carbons (Fsp3) is 0.263. The molecule has 2 aromatic carbocycles. The lowest BCUT2D eigenvalue weighted by Crippen LogP contribution is -2.15. The molecule has 0 unspecified atom stereocenters. The SMILES string of the molecule is CC(=O)Nc1ccc(SCC(=O)Nc2c(C)cc(C)cc2C)cc1. The summed E-state index contributed by atoms with van der Waals surface area (Å²) in [5.74, 6) is 0.214. The van der Waals surface area contributed by atoms with Gasteiger partial charge in [-0.25, -0.2) is 0 Å². The molecule has 0 aliphatic heterocycles. The highest BCUT2D eigenvalue weighted by molar-refractivity contribution is 8.00. The third-order valence-corrected chi connectivity index (χ3v) is 4.50. The van der Waals surface area contributed by atoms with Gasteiger partial charge in [-0.05, 0) is 56.2 Å². The molecule has 126 valence electrons. The predicted molar refractivity (Wildman–Crippen MR) is 101 cm³/mol. The maximum atomic E-state index is 12.2. The molecule has 24 heavy (non-hydrogen) atoms. The fourth-order valence-electron chi connectivity index (χ4n) is 2.54. The Morgan fingerprint density at radius 1 is 0.958 bits per heavy atom. The second-order valence-electron chi connectivity index (χ2n) is 5.82. The number of anilines is 2. The molecule has 0 aromatic heterocycles. The Kier molecular flexibility index (Phi) is 6.04. The Morgan fingerprint density at radius 2 is 1.54 bits per heavy atom. The summed E-state index contributed by atoms with van der Waals surface area (Å²) in [7, 11) is 0. The molecule has 0 bridgehead atoms. The highest BCUT2D eigenvalue weighted by Gasteiger charge is 2.09. The van der Waals surface area contributed by atoms with Gasteiger partial charge in [-0.15, -0.1) is 11.8 Å². The Bertz CT molecular complexity index is 731. The second kappa shape index (κ2) is 8.02. The van der Waals surface area contributed by atoms with Crippen molar-refractivity contribution in [3.05, 3.63) is 53.1 Å². The van der Waals surface area contributed by atoms with E-state index in [0.717, 1.165) is 27.4 Å². The molecule has 0 fully saturated rings.